The largest absolute Gasteiger partial charge is 0.278 e. The van der Waals surface area contributed by atoms with Crippen molar-refractivity contribution < 1.29 is 13.0 Å². The highest BCUT2D eigenvalue weighted by atomic mass is 35.5. The van der Waals surface area contributed by atoms with Crippen LogP contribution in [0.4, 0.5) is 5.69 Å². The number of nitrogens with one attached hydrogen (secondary N) is 1. The van der Waals surface area contributed by atoms with Crippen molar-refractivity contribution in [3.05, 3.63) is 47.0 Å². The van der Waals surface area contributed by atoms with E-state index in [2.05, 4.69) is 19.7 Å². The third-order valence-corrected chi connectivity index (χ3v) is 4.62. The second-order valence-corrected chi connectivity index (χ2v) is 6.53. The van der Waals surface area contributed by atoms with Crippen LogP contribution in [0, 0.1) is 6.92 Å². The van der Waals surface area contributed by atoms with Crippen LogP contribution in [0.2, 0.25) is 5.02 Å². The predicted molar refractivity (Wildman–Crippen MR) is 78.8 cm³/mol. The number of anilines is 1. The fraction of sp³-hybridized carbons (Fsp3) is 0.0769. The van der Waals surface area contributed by atoms with E-state index in [1.54, 1.807) is 30.3 Å². The summed E-state index contributed by atoms with van der Waals surface area (Å²) >= 11 is 6.05. The van der Waals surface area contributed by atoms with Gasteiger partial charge in [-0.15, -0.1) is 0 Å². The average molecular weight is 324 g/mol. The fourth-order valence-electron chi connectivity index (χ4n) is 1.90. The second-order valence-electron chi connectivity index (χ2n) is 4.48. The molecule has 0 saturated heterocycles. The van der Waals surface area contributed by atoms with Crippen molar-refractivity contribution in [2.75, 3.05) is 4.72 Å². The summed E-state index contributed by atoms with van der Waals surface area (Å²) in [6.07, 6.45) is 0. The lowest BCUT2D eigenvalue weighted by Gasteiger charge is -2.10. The van der Waals surface area contributed by atoms with Gasteiger partial charge in [-0.1, -0.05) is 23.7 Å². The number of fused-ring (bicyclic) bond motifs is 1. The lowest BCUT2D eigenvalue weighted by Crippen LogP contribution is -2.13. The summed E-state index contributed by atoms with van der Waals surface area (Å²) in [5.74, 6) is 0. The van der Waals surface area contributed by atoms with Crippen molar-refractivity contribution in [2.24, 2.45) is 0 Å². The molecule has 6 nitrogen and oxygen atoms in total. The molecule has 8 heteroatoms. The Morgan fingerprint density at radius 2 is 2.00 bits per heavy atom. The van der Waals surface area contributed by atoms with E-state index in [-0.39, 0.29) is 10.4 Å². The first-order valence-electron chi connectivity index (χ1n) is 5.97. The maximum absolute atomic E-state index is 12.5. The van der Waals surface area contributed by atoms with Gasteiger partial charge in [0.05, 0.1) is 10.7 Å². The van der Waals surface area contributed by atoms with E-state index in [4.69, 9.17) is 11.6 Å². The van der Waals surface area contributed by atoms with Crippen LogP contribution in [0.25, 0.3) is 11.0 Å². The van der Waals surface area contributed by atoms with Crippen LogP contribution in [-0.2, 0) is 10.0 Å². The van der Waals surface area contributed by atoms with Crippen LogP contribution in [0.3, 0.4) is 0 Å². The molecule has 0 amide bonds. The van der Waals surface area contributed by atoms with E-state index in [9.17, 15) is 8.42 Å². The van der Waals surface area contributed by atoms with Crippen molar-refractivity contribution >= 4 is 38.3 Å². The minimum absolute atomic E-state index is 0.0158. The minimum Gasteiger partial charge on any atom is -0.278 e. The Balaban J connectivity index is 2.06. The van der Waals surface area contributed by atoms with Crippen molar-refractivity contribution in [1.82, 2.24) is 10.3 Å². The minimum atomic E-state index is -3.84. The number of sulfonamides is 1. The second kappa shape index (κ2) is 5.01. The Bertz CT molecular complexity index is 921. The van der Waals surface area contributed by atoms with Gasteiger partial charge in [-0.05, 0) is 47.1 Å². The number of hydrogen-bond acceptors (Lipinski definition) is 5. The molecule has 3 aromatic rings. The molecule has 3 rings (SSSR count). The highest BCUT2D eigenvalue weighted by Crippen LogP contribution is 2.27. The van der Waals surface area contributed by atoms with Gasteiger partial charge in [0.2, 0.25) is 0 Å². The molecule has 0 bridgehead atoms. The summed E-state index contributed by atoms with van der Waals surface area (Å²) in [4.78, 5) is -0.0158. The van der Waals surface area contributed by atoms with E-state index in [0.29, 0.717) is 16.2 Å². The lowest BCUT2D eigenvalue weighted by molar-refractivity contribution is 0.315. The summed E-state index contributed by atoms with van der Waals surface area (Å²) in [6.45, 7) is 1.87. The van der Waals surface area contributed by atoms with E-state index in [1.807, 2.05) is 6.92 Å². The Hall–Kier alpha value is -2.12. The van der Waals surface area contributed by atoms with E-state index >= 15 is 0 Å². The molecule has 0 unspecified atom stereocenters. The molecule has 108 valence electrons. The number of aromatic nitrogens is 2. The Morgan fingerprint density at radius 1 is 1.19 bits per heavy atom. The zero-order chi connectivity index (χ0) is 15.0. The zero-order valence-electron chi connectivity index (χ0n) is 10.9. The molecular formula is C13H10ClN3O3S. The molecule has 21 heavy (non-hydrogen) atoms. The molecule has 0 saturated carbocycles. The number of nitrogens with zero attached hydrogens (tertiary/aromatic N) is 2. The molecule has 1 N–H and O–H groups in total. The van der Waals surface area contributed by atoms with E-state index < -0.39 is 10.0 Å². The third kappa shape index (κ3) is 2.57. The monoisotopic (exact) mass is 323 g/mol. The summed E-state index contributed by atoms with van der Waals surface area (Å²) in [7, 11) is -3.84. The van der Waals surface area contributed by atoms with Gasteiger partial charge >= 0.3 is 0 Å². The van der Waals surface area contributed by atoms with Crippen LogP contribution in [0.15, 0.2) is 45.9 Å². The van der Waals surface area contributed by atoms with Crippen LogP contribution >= 0.6 is 11.6 Å². The Kier molecular flexibility index (Phi) is 3.30. The van der Waals surface area contributed by atoms with Crippen LogP contribution in [-0.4, -0.2) is 18.7 Å². The highest BCUT2D eigenvalue weighted by molar-refractivity contribution is 7.93. The smallest absolute Gasteiger partial charge is 0.264 e. The van der Waals surface area contributed by atoms with Crippen molar-refractivity contribution in [3.8, 4) is 0 Å². The summed E-state index contributed by atoms with van der Waals surface area (Å²) in [6, 6.07) is 9.66. The Morgan fingerprint density at radius 3 is 2.76 bits per heavy atom. The molecule has 1 heterocycles. The summed E-state index contributed by atoms with van der Waals surface area (Å²) < 4.78 is 32.0. The van der Waals surface area contributed by atoms with Crippen molar-refractivity contribution in [3.63, 3.8) is 0 Å². The first-order chi connectivity index (χ1) is 9.97. The first-order valence-corrected chi connectivity index (χ1v) is 7.84. The normalized spacial score (nSPS) is 11.7. The van der Waals surface area contributed by atoms with Crippen LogP contribution < -0.4 is 4.72 Å². The van der Waals surface area contributed by atoms with Crippen LogP contribution in [0.1, 0.15) is 5.56 Å². The van der Waals surface area contributed by atoms with Gasteiger partial charge in [-0.2, -0.15) is 0 Å². The van der Waals surface area contributed by atoms with E-state index in [1.165, 1.54) is 6.07 Å². The fourth-order valence-corrected chi connectivity index (χ4v) is 3.47. The molecule has 0 aliphatic carbocycles. The van der Waals surface area contributed by atoms with Gasteiger partial charge < -0.3 is 0 Å². The van der Waals surface area contributed by atoms with Gasteiger partial charge in [-0.3, -0.25) is 4.72 Å². The molecule has 0 atom stereocenters. The summed E-state index contributed by atoms with van der Waals surface area (Å²) in [5.41, 5.74) is 1.78. The molecule has 2 aromatic carbocycles. The highest BCUT2D eigenvalue weighted by Gasteiger charge is 2.21. The van der Waals surface area contributed by atoms with Crippen LogP contribution in [0.5, 0.6) is 0 Å². The quantitative estimate of drug-likeness (QED) is 0.801. The SMILES string of the molecule is Cc1ccc(NS(=O)(=O)c2cccc3nonc23)c(Cl)c1. The first kappa shape index (κ1) is 13.8. The number of halogens is 1. The van der Waals surface area contributed by atoms with Gasteiger partial charge in [0.1, 0.15) is 10.4 Å². The van der Waals surface area contributed by atoms with Crippen molar-refractivity contribution in [1.29, 1.82) is 0 Å². The van der Waals surface area contributed by atoms with Gasteiger partial charge in [0.25, 0.3) is 10.0 Å². The molecule has 0 aliphatic heterocycles. The zero-order valence-corrected chi connectivity index (χ0v) is 12.4. The molecule has 0 aliphatic rings. The molecule has 0 radical (unpaired) electrons. The van der Waals surface area contributed by atoms with E-state index in [0.717, 1.165) is 5.56 Å². The predicted octanol–water partition coefficient (Wildman–Crippen LogP) is 2.99. The maximum atomic E-state index is 12.5. The molecule has 1 aromatic heterocycles. The maximum Gasteiger partial charge on any atom is 0.264 e. The lowest BCUT2D eigenvalue weighted by atomic mass is 10.2. The molecule has 0 spiro atoms. The average Bonchev–Trinajstić information content (AvgIpc) is 2.90. The number of rotatable bonds is 3. The van der Waals surface area contributed by atoms with Gasteiger partial charge in [-0.25, -0.2) is 13.0 Å². The Labute approximate surface area is 125 Å². The van der Waals surface area contributed by atoms with Gasteiger partial charge in [0, 0.05) is 0 Å². The molecule has 0 fully saturated rings. The number of aryl methyl sites for hydroxylation is 1. The summed E-state index contributed by atoms with van der Waals surface area (Å²) in [5, 5.41) is 7.57. The molecular weight excluding hydrogens is 314 g/mol. The standard InChI is InChI=1S/C13H10ClN3O3S/c1-8-5-6-10(9(14)7-8)17-21(18,19)12-4-2-3-11-13(12)16-20-15-11/h2-7,17H,1H3. The third-order valence-electron chi connectivity index (χ3n) is 2.91. The number of benzene rings is 2. The van der Waals surface area contributed by atoms with Crippen molar-refractivity contribution in [2.45, 2.75) is 11.8 Å². The topological polar surface area (TPSA) is 85.1 Å². The number of hydrogen-bond donors (Lipinski definition) is 1. The van der Waals surface area contributed by atoms with Gasteiger partial charge in [0.15, 0.2) is 5.52 Å².